The monoisotopic (exact) mass is 379 g/mol. The fraction of sp³-hybridized carbons (Fsp3) is 0.550. The molecular formula is C20H33N3O2S. The zero-order chi connectivity index (χ0) is 19.5. The van der Waals surface area contributed by atoms with E-state index in [4.69, 9.17) is 4.74 Å². The number of unbranched alkanes of at least 4 members (excludes halogenated alkanes) is 1. The smallest absolute Gasteiger partial charge is 0.154 e. The lowest BCUT2D eigenvalue weighted by atomic mass is 10.2. The van der Waals surface area contributed by atoms with E-state index in [-0.39, 0.29) is 0 Å². The van der Waals surface area contributed by atoms with Crippen LogP contribution in [0.25, 0.3) is 0 Å². The first-order valence-electron chi connectivity index (χ1n) is 9.22. The highest BCUT2D eigenvalue weighted by atomic mass is 32.2. The number of rotatable bonds is 12. The van der Waals surface area contributed by atoms with Crippen LogP contribution in [0.2, 0.25) is 0 Å². The summed E-state index contributed by atoms with van der Waals surface area (Å²) in [5, 5.41) is 3.20. The first-order chi connectivity index (χ1) is 12.5. The molecule has 0 aliphatic carbocycles. The number of hydrogen-bond donors (Lipinski definition) is 1. The zero-order valence-corrected chi connectivity index (χ0v) is 17.6. The van der Waals surface area contributed by atoms with E-state index in [1.165, 1.54) is 0 Å². The number of nitrogens with zero attached hydrogens (tertiary/aromatic N) is 2. The van der Waals surface area contributed by atoms with E-state index < -0.39 is 10.8 Å². The number of nitrogens with one attached hydrogen (secondary N) is 1. The second-order valence-electron chi connectivity index (χ2n) is 6.05. The molecule has 0 saturated heterocycles. The largest absolute Gasteiger partial charge is 0.385 e. The lowest BCUT2D eigenvalue weighted by Crippen LogP contribution is -2.30. The van der Waals surface area contributed by atoms with Gasteiger partial charge in [-0.1, -0.05) is 32.9 Å². The Morgan fingerprint density at radius 3 is 2.73 bits per heavy atom. The van der Waals surface area contributed by atoms with Gasteiger partial charge < -0.3 is 15.0 Å². The van der Waals surface area contributed by atoms with Crippen molar-refractivity contribution in [2.24, 2.45) is 0 Å². The molecular weight excluding hydrogens is 346 g/mol. The van der Waals surface area contributed by atoms with Crippen molar-refractivity contribution in [3.05, 3.63) is 41.0 Å². The van der Waals surface area contributed by atoms with Crippen LogP contribution in [0.1, 0.15) is 39.2 Å². The van der Waals surface area contributed by atoms with Gasteiger partial charge in [-0.25, -0.2) is 4.98 Å². The predicted molar refractivity (Wildman–Crippen MR) is 113 cm³/mol. The highest BCUT2D eigenvalue weighted by Crippen LogP contribution is 2.26. The van der Waals surface area contributed by atoms with Crippen LogP contribution >= 0.6 is 0 Å². The number of ether oxygens (including phenoxy) is 1. The van der Waals surface area contributed by atoms with Crippen LogP contribution in [0, 0.1) is 6.92 Å². The zero-order valence-electron chi connectivity index (χ0n) is 16.8. The second-order valence-corrected chi connectivity index (χ2v) is 7.76. The van der Waals surface area contributed by atoms with Gasteiger partial charge >= 0.3 is 0 Å². The third kappa shape index (κ3) is 6.57. The molecule has 0 aliphatic heterocycles. The first kappa shape index (κ1) is 22.4. The second kappa shape index (κ2) is 11.9. The van der Waals surface area contributed by atoms with Crippen molar-refractivity contribution >= 4 is 22.3 Å². The molecule has 0 aliphatic rings. The van der Waals surface area contributed by atoms with Gasteiger partial charge in [-0.3, -0.25) is 4.21 Å². The Morgan fingerprint density at radius 2 is 2.15 bits per heavy atom. The van der Waals surface area contributed by atoms with Crippen molar-refractivity contribution in [1.29, 1.82) is 0 Å². The molecule has 26 heavy (non-hydrogen) atoms. The van der Waals surface area contributed by atoms with Crippen molar-refractivity contribution < 1.29 is 8.95 Å². The highest BCUT2D eigenvalue weighted by molar-refractivity contribution is 7.89. The number of aryl methyl sites for hydroxylation is 1. The molecule has 0 bridgehead atoms. The first-order valence-corrected chi connectivity index (χ1v) is 10.5. The molecule has 0 fully saturated rings. The molecule has 0 aromatic carbocycles. The van der Waals surface area contributed by atoms with E-state index >= 15 is 0 Å². The van der Waals surface area contributed by atoms with Crippen LogP contribution in [0.5, 0.6) is 0 Å². The molecule has 1 aromatic rings. The Morgan fingerprint density at radius 1 is 1.42 bits per heavy atom. The normalized spacial score (nSPS) is 12.7. The molecule has 0 spiro atoms. The Bertz CT molecular complexity index is 644. The maximum absolute atomic E-state index is 12.5. The van der Waals surface area contributed by atoms with E-state index in [0.717, 1.165) is 40.4 Å². The van der Waals surface area contributed by atoms with Crippen LogP contribution in [0.4, 0.5) is 11.5 Å². The SMILES string of the molecule is C=C(CN(COCC)c1ncc(C)cc1NC)/C(=C\CCC)S(=O)CC. The van der Waals surface area contributed by atoms with Crippen molar-refractivity contribution in [3.63, 3.8) is 0 Å². The fourth-order valence-electron chi connectivity index (χ4n) is 2.52. The standard InChI is InChI=1S/C20H33N3O2S/c1-7-10-11-19(26(24)9-3)17(5)14-23(15-25-8-2)20-18(21-6)12-16(4)13-22-20/h11-13,21H,5,7-10,14-15H2,1-4,6H3/b19-11+. The van der Waals surface area contributed by atoms with Gasteiger partial charge in [-0.05, 0) is 37.5 Å². The summed E-state index contributed by atoms with van der Waals surface area (Å²) in [7, 11) is 0.854. The quantitative estimate of drug-likeness (QED) is 0.435. The Kier molecular flexibility index (Phi) is 10.2. The number of pyridine rings is 1. The maximum atomic E-state index is 12.5. The average Bonchev–Trinajstić information content (AvgIpc) is 2.65. The summed E-state index contributed by atoms with van der Waals surface area (Å²) < 4.78 is 18.1. The number of anilines is 2. The van der Waals surface area contributed by atoms with Gasteiger partial charge in [0.2, 0.25) is 0 Å². The van der Waals surface area contributed by atoms with Gasteiger partial charge in [-0.15, -0.1) is 0 Å². The lowest BCUT2D eigenvalue weighted by molar-refractivity contribution is 0.148. The summed E-state index contributed by atoms with van der Waals surface area (Å²) in [5.74, 6) is 1.40. The predicted octanol–water partition coefficient (Wildman–Crippen LogP) is 4.24. The lowest BCUT2D eigenvalue weighted by Gasteiger charge is -2.27. The van der Waals surface area contributed by atoms with Gasteiger partial charge in [-0.2, -0.15) is 0 Å². The average molecular weight is 380 g/mol. The molecule has 0 amide bonds. The van der Waals surface area contributed by atoms with Gasteiger partial charge in [0.15, 0.2) is 5.82 Å². The fourth-order valence-corrected chi connectivity index (χ4v) is 3.52. The summed E-state index contributed by atoms with van der Waals surface area (Å²) in [6.45, 7) is 13.8. The van der Waals surface area contributed by atoms with E-state index in [1.54, 1.807) is 0 Å². The van der Waals surface area contributed by atoms with Gasteiger partial charge in [0, 0.05) is 37.1 Å². The molecule has 0 radical (unpaired) electrons. The Hall–Kier alpha value is -1.66. The maximum Gasteiger partial charge on any atom is 0.154 e. The summed E-state index contributed by atoms with van der Waals surface area (Å²) >= 11 is 0. The minimum Gasteiger partial charge on any atom is -0.385 e. The van der Waals surface area contributed by atoms with Crippen molar-refractivity contribution in [3.8, 4) is 0 Å². The summed E-state index contributed by atoms with van der Waals surface area (Å²) in [4.78, 5) is 7.46. The Labute approximate surface area is 161 Å². The van der Waals surface area contributed by atoms with Gasteiger partial charge in [0.1, 0.15) is 6.73 Å². The highest BCUT2D eigenvalue weighted by Gasteiger charge is 2.17. The third-order valence-electron chi connectivity index (χ3n) is 3.88. The number of aromatic nitrogens is 1. The minimum atomic E-state index is -1.03. The van der Waals surface area contributed by atoms with Crippen LogP contribution in [-0.4, -0.2) is 41.9 Å². The van der Waals surface area contributed by atoms with E-state index in [1.807, 2.05) is 38.9 Å². The molecule has 0 saturated carbocycles. The van der Waals surface area contributed by atoms with E-state index in [2.05, 4.69) is 35.9 Å². The van der Waals surface area contributed by atoms with E-state index in [9.17, 15) is 4.21 Å². The minimum absolute atomic E-state index is 0.403. The molecule has 146 valence electrons. The Balaban J connectivity index is 3.13. The summed E-state index contributed by atoms with van der Waals surface area (Å²) in [5.41, 5.74) is 2.87. The molecule has 1 heterocycles. The van der Waals surface area contributed by atoms with Crippen LogP contribution < -0.4 is 10.2 Å². The summed E-state index contributed by atoms with van der Waals surface area (Å²) in [6, 6.07) is 2.06. The number of allylic oxidation sites excluding steroid dienone is 1. The molecule has 1 aromatic heterocycles. The molecule has 1 atom stereocenters. The molecule has 1 N–H and O–H groups in total. The van der Waals surface area contributed by atoms with Crippen molar-refractivity contribution in [2.45, 2.75) is 40.5 Å². The van der Waals surface area contributed by atoms with Crippen LogP contribution in [0.15, 0.2) is 35.4 Å². The van der Waals surface area contributed by atoms with Crippen molar-refractivity contribution in [1.82, 2.24) is 4.98 Å². The van der Waals surface area contributed by atoms with E-state index in [0.29, 0.717) is 25.6 Å². The van der Waals surface area contributed by atoms with Crippen LogP contribution in [-0.2, 0) is 15.5 Å². The molecule has 5 nitrogen and oxygen atoms in total. The van der Waals surface area contributed by atoms with Gasteiger partial charge in [0.05, 0.1) is 16.5 Å². The number of hydrogen-bond acceptors (Lipinski definition) is 5. The molecule has 1 rings (SSSR count). The third-order valence-corrected chi connectivity index (χ3v) is 5.35. The summed E-state index contributed by atoms with van der Waals surface area (Å²) in [6.07, 6.45) is 5.82. The van der Waals surface area contributed by atoms with Gasteiger partial charge in [0.25, 0.3) is 0 Å². The van der Waals surface area contributed by atoms with Crippen molar-refractivity contribution in [2.75, 3.05) is 42.9 Å². The topological polar surface area (TPSA) is 54.5 Å². The van der Waals surface area contributed by atoms with Crippen LogP contribution in [0.3, 0.4) is 0 Å². The molecule has 1 unspecified atom stereocenters. The molecule has 6 heteroatoms.